The van der Waals surface area contributed by atoms with Crippen molar-refractivity contribution in [3.8, 4) is 0 Å². The quantitative estimate of drug-likeness (QED) is 0.248. The Morgan fingerprint density at radius 1 is 0.720 bits per heavy atom. The number of ether oxygens (including phenoxy) is 1. The molecule has 0 heterocycles. The smallest absolute Gasteiger partial charge is 1.00 e. The van der Waals surface area contributed by atoms with Crippen molar-refractivity contribution < 1.29 is 50.7 Å². The zero-order valence-electron chi connectivity index (χ0n) is 18.2. The average molecular weight is 371 g/mol. The molecule has 0 aromatic rings. The van der Waals surface area contributed by atoms with E-state index in [1.165, 1.54) is 90.4 Å². The van der Waals surface area contributed by atoms with Gasteiger partial charge in [0.1, 0.15) is 0 Å². The SMILES string of the molecule is CCCCCCCCCCCCCCCCOC(C)=O.OCCO.[H-].[Na+]. The topological polar surface area (TPSA) is 66.8 Å². The third kappa shape index (κ3) is 36.2. The van der Waals surface area contributed by atoms with Crippen LogP contribution in [0, 0.1) is 0 Å². The van der Waals surface area contributed by atoms with Crippen molar-refractivity contribution in [2.45, 2.75) is 104 Å². The summed E-state index contributed by atoms with van der Waals surface area (Å²) >= 11 is 0. The number of aliphatic hydroxyl groups excluding tert-OH is 2. The van der Waals surface area contributed by atoms with Gasteiger partial charge in [-0.2, -0.15) is 0 Å². The molecular weight excluding hydrogens is 327 g/mol. The molecule has 0 aliphatic rings. The van der Waals surface area contributed by atoms with Crippen LogP contribution in [0.3, 0.4) is 0 Å². The first kappa shape index (κ1) is 30.1. The molecule has 0 atom stereocenters. The summed E-state index contributed by atoms with van der Waals surface area (Å²) in [5.74, 6) is -0.153. The van der Waals surface area contributed by atoms with Crippen LogP contribution in [0.25, 0.3) is 0 Å². The minimum atomic E-state index is -0.153. The van der Waals surface area contributed by atoms with Gasteiger partial charge in [0.05, 0.1) is 19.8 Å². The van der Waals surface area contributed by atoms with E-state index >= 15 is 0 Å². The monoisotopic (exact) mass is 370 g/mol. The molecule has 0 unspecified atom stereocenters. The first-order valence-electron chi connectivity index (χ1n) is 10.0. The fraction of sp³-hybridized carbons (Fsp3) is 0.950. The van der Waals surface area contributed by atoms with Gasteiger partial charge in [-0.05, 0) is 6.42 Å². The molecule has 4 nitrogen and oxygen atoms in total. The van der Waals surface area contributed by atoms with Crippen molar-refractivity contribution in [3.05, 3.63) is 0 Å². The van der Waals surface area contributed by atoms with Gasteiger partial charge < -0.3 is 16.4 Å². The zero-order valence-corrected chi connectivity index (χ0v) is 19.2. The first-order valence-corrected chi connectivity index (χ1v) is 10.0. The Morgan fingerprint density at radius 3 is 1.32 bits per heavy atom. The third-order valence-electron chi connectivity index (χ3n) is 3.90. The molecule has 0 aliphatic carbocycles. The van der Waals surface area contributed by atoms with E-state index in [4.69, 9.17) is 14.9 Å². The molecule has 0 bridgehead atoms. The Kier molecular flexibility index (Phi) is 35.1. The Morgan fingerprint density at radius 2 is 1.04 bits per heavy atom. The summed E-state index contributed by atoms with van der Waals surface area (Å²) in [6, 6.07) is 0. The molecule has 5 heteroatoms. The molecule has 0 amide bonds. The molecule has 0 radical (unpaired) electrons. The van der Waals surface area contributed by atoms with Gasteiger partial charge in [-0.1, -0.05) is 90.4 Å². The van der Waals surface area contributed by atoms with Gasteiger partial charge in [0.25, 0.3) is 0 Å². The summed E-state index contributed by atoms with van der Waals surface area (Å²) in [4.78, 5) is 10.6. The Labute approximate surface area is 179 Å². The average Bonchev–Trinajstić information content (AvgIpc) is 2.58. The van der Waals surface area contributed by atoms with Crippen molar-refractivity contribution in [2.24, 2.45) is 0 Å². The van der Waals surface area contributed by atoms with Crippen LogP contribution >= 0.6 is 0 Å². The number of carbonyl (C=O) groups is 1. The number of hydrogen-bond donors (Lipinski definition) is 2. The van der Waals surface area contributed by atoms with E-state index in [0.29, 0.717) is 6.61 Å². The number of hydrogen-bond acceptors (Lipinski definition) is 4. The standard InChI is InChI=1S/C18H36O2.C2H6O2.Na.H/c1-3-4-5-6-7-8-9-10-11-12-13-14-15-16-17-20-18(2)19;3-1-2-4;;/h3-17H2,1-2H3;3-4H,1-2H2;;/q;;+1;-1. The Hall–Kier alpha value is 0.390. The summed E-state index contributed by atoms with van der Waals surface area (Å²) in [5, 5.41) is 15.2. The summed E-state index contributed by atoms with van der Waals surface area (Å²) in [7, 11) is 0. The van der Waals surface area contributed by atoms with Crippen molar-refractivity contribution in [2.75, 3.05) is 19.8 Å². The van der Waals surface area contributed by atoms with Crippen LogP contribution in [0.4, 0.5) is 0 Å². The molecule has 0 saturated carbocycles. The van der Waals surface area contributed by atoms with Gasteiger partial charge in [0.15, 0.2) is 0 Å². The van der Waals surface area contributed by atoms with Gasteiger partial charge in [-0.3, -0.25) is 4.79 Å². The van der Waals surface area contributed by atoms with Gasteiger partial charge in [0.2, 0.25) is 0 Å². The Bertz CT molecular complexity index is 242. The van der Waals surface area contributed by atoms with Crippen LogP contribution in [0.15, 0.2) is 0 Å². The molecule has 0 aromatic carbocycles. The molecule has 0 rings (SSSR count). The fourth-order valence-electron chi connectivity index (χ4n) is 2.51. The maximum atomic E-state index is 10.6. The van der Waals surface area contributed by atoms with Crippen molar-refractivity contribution in [3.63, 3.8) is 0 Å². The summed E-state index contributed by atoms with van der Waals surface area (Å²) in [5.41, 5.74) is 0. The van der Waals surface area contributed by atoms with Crippen LogP contribution in [0.5, 0.6) is 0 Å². The second kappa shape index (κ2) is 29.2. The van der Waals surface area contributed by atoms with E-state index in [-0.39, 0.29) is 50.2 Å². The molecule has 0 aromatic heterocycles. The molecule has 0 aliphatic heterocycles. The minimum absolute atomic E-state index is 0. The summed E-state index contributed by atoms with van der Waals surface area (Å²) in [6.45, 7) is 4.10. The molecule has 2 N–H and O–H groups in total. The second-order valence-electron chi connectivity index (χ2n) is 6.38. The maximum absolute atomic E-state index is 10.6. The number of esters is 1. The van der Waals surface area contributed by atoms with E-state index in [1.807, 2.05) is 0 Å². The second-order valence-corrected chi connectivity index (χ2v) is 6.38. The predicted octanol–water partition coefficient (Wildman–Crippen LogP) is 2.12. The first-order chi connectivity index (χ1) is 11.7. The fourth-order valence-corrected chi connectivity index (χ4v) is 2.51. The van der Waals surface area contributed by atoms with Crippen LogP contribution in [0.1, 0.15) is 105 Å². The molecule has 0 fully saturated rings. The number of unbranched alkanes of at least 4 members (excludes halogenated alkanes) is 13. The van der Waals surface area contributed by atoms with Gasteiger partial charge in [-0.15, -0.1) is 0 Å². The van der Waals surface area contributed by atoms with Gasteiger partial charge >= 0.3 is 35.5 Å². The van der Waals surface area contributed by atoms with Gasteiger partial charge in [-0.25, -0.2) is 0 Å². The molecular formula is C20H43NaO4. The number of carbonyl (C=O) groups excluding carboxylic acids is 1. The van der Waals surface area contributed by atoms with E-state index < -0.39 is 0 Å². The van der Waals surface area contributed by atoms with E-state index in [9.17, 15) is 4.79 Å². The third-order valence-corrected chi connectivity index (χ3v) is 3.90. The molecule has 0 spiro atoms. The molecule has 25 heavy (non-hydrogen) atoms. The van der Waals surface area contributed by atoms with Crippen LogP contribution in [0.2, 0.25) is 0 Å². The van der Waals surface area contributed by atoms with Crippen LogP contribution in [-0.2, 0) is 9.53 Å². The van der Waals surface area contributed by atoms with E-state index in [2.05, 4.69) is 6.92 Å². The van der Waals surface area contributed by atoms with Crippen molar-refractivity contribution in [1.82, 2.24) is 0 Å². The molecule has 0 saturated heterocycles. The van der Waals surface area contributed by atoms with Crippen molar-refractivity contribution >= 4 is 5.97 Å². The normalized spacial score (nSPS) is 9.76. The Balaban J connectivity index is -0.000000363. The van der Waals surface area contributed by atoms with Crippen LogP contribution < -0.4 is 29.6 Å². The largest absolute Gasteiger partial charge is 1.00 e. The van der Waals surface area contributed by atoms with E-state index in [0.717, 1.165) is 6.42 Å². The summed E-state index contributed by atoms with van der Waals surface area (Å²) in [6.07, 6.45) is 19.0. The summed E-state index contributed by atoms with van der Waals surface area (Å²) < 4.78 is 4.91. The van der Waals surface area contributed by atoms with Crippen molar-refractivity contribution in [1.29, 1.82) is 0 Å². The number of rotatable bonds is 16. The molecule has 148 valence electrons. The van der Waals surface area contributed by atoms with E-state index in [1.54, 1.807) is 0 Å². The number of aliphatic hydroxyl groups is 2. The zero-order chi connectivity index (χ0) is 18.3. The van der Waals surface area contributed by atoms with Gasteiger partial charge in [0, 0.05) is 6.92 Å². The van der Waals surface area contributed by atoms with Crippen LogP contribution in [-0.4, -0.2) is 36.0 Å². The maximum Gasteiger partial charge on any atom is 1.00 e. The predicted molar refractivity (Wildman–Crippen MR) is 102 cm³/mol. The minimum Gasteiger partial charge on any atom is -1.00 e.